The Labute approximate surface area is 125 Å². The van der Waals surface area contributed by atoms with E-state index >= 15 is 0 Å². The highest BCUT2D eigenvalue weighted by Crippen LogP contribution is 2.36. The number of carbonyl (C=O) groups is 1. The van der Waals surface area contributed by atoms with Crippen molar-refractivity contribution in [2.75, 3.05) is 5.32 Å². The number of rotatable bonds is 3. The number of carbonyl (C=O) groups excluding carboxylic acids is 1. The molecule has 106 valence electrons. The molecule has 0 radical (unpaired) electrons. The number of nitrogens with one attached hydrogen (secondary N) is 1. The van der Waals surface area contributed by atoms with E-state index in [1.54, 1.807) is 12.1 Å². The first kappa shape index (κ1) is 14.7. The van der Waals surface area contributed by atoms with Gasteiger partial charge in [-0.25, -0.2) is 0 Å². The predicted octanol–water partition coefficient (Wildman–Crippen LogP) is 4.04. The van der Waals surface area contributed by atoms with E-state index in [-0.39, 0.29) is 16.9 Å². The van der Waals surface area contributed by atoms with Gasteiger partial charge in [-0.3, -0.25) is 14.9 Å². The molecule has 0 heterocycles. The average Bonchev–Trinajstić information content (AvgIpc) is 2.28. The van der Waals surface area contributed by atoms with E-state index in [4.69, 9.17) is 0 Å². The molecule has 1 aliphatic carbocycles. The molecule has 0 saturated heterocycles. The molecule has 1 aromatic carbocycles. The number of benzene rings is 1. The number of halogens is 1. The fraction of sp³-hybridized carbons (Fsp3) is 0.357. The summed E-state index contributed by atoms with van der Waals surface area (Å²) >= 11 is 3.35. The van der Waals surface area contributed by atoms with Gasteiger partial charge in [0.1, 0.15) is 0 Å². The molecule has 1 aromatic rings. The maximum Gasteiger partial charge on any atom is 0.271 e. The van der Waals surface area contributed by atoms with Gasteiger partial charge in [-0.1, -0.05) is 13.8 Å². The Hall–Kier alpha value is -1.69. The second-order valence-corrected chi connectivity index (χ2v) is 6.55. The summed E-state index contributed by atoms with van der Waals surface area (Å²) in [6.45, 7) is 4.06. The van der Waals surface area contributed by atoms with Crippen LogP contribution in [0.1, 0.15) is 26.7 Å². The SMILES string of the molecule is CC1(C)CC(=O)C=C(Nc2cc([N+](=O)[O-])ccc2Br)C1. The number of allylic oxidation sites excluding steroid dienone is 2. The lowest BCUT2D eigenvalue weighted by molar-refractivity contribution is -0.384. The number of ketones is 1. The Kier molecular flexibility index (Phi) is 3.94. The van der Waals surface area contributed by atoms with Crippen LogP contribution < -0.4 is 5.32 Å². The zero-order valence-electron chi connectivity index (χ0n) is 11.3. The number of nitro benzene ring substituents is 1. The van der Waals surface area contributed by atoms with Crippen LogP contribution in [0.25, 0.3) is 0 Å². The summed E-state index contributed by atoms with van der Waals surface area (Å²) in [4.78, 5) is 22.1. The van der Waals surface area contributed by atoms with Gasteiger partial charge in [0.15, 0.2) is 5.78 Å². The van der Waals surface area contributed by atoms with Crippen LogP contribution in [0.3, 0.4) is 0 Å². The zero-order chi connectivity index (χ0) is 14.9. The van der Waals surface area contributed by atoms with Crippen molar-refractivity contribution < 1.29 is 9.72 Å². The van der Waals surface area contributed by atoms with Gasteiger partial charge in [-0.05, 0) is 33.8 Å². The van der Waals surface area contributed by atoms with Crippen molar-refractivity contribution in [3.8, 4) is 0 Å². The lowest BCUT2D eigenvalue weighted by Crippen LogP contribution is -2.24. The van der Waals surface area contributed by atoms with E-state index in [1.807, 2.05) is 13.8 Å². The molecule has 2 rings (SSSR count). The molecule has 5 nitrogen and oxygen atoms in total. The highest BCUT2D eigenvalue weighted by atomic mass is 79.9. The molecular formula is C14H15BrN2O3. The Morgan fingerprint density at radius 3 is 2.65 bits per heavy atom. The quantitative estimate of drug-likeness (QED) is 0.666. The van der Waals surface area contributed by atoms with Crippen LogP contribution in [0.2, 0.25) is 0 Å². The minimum absolute atomic E-state index is 0.0118. The minimum Gasteiger partial charge on any atom is -0.358 e. The number of non-ortho nitro benzene ring substituents is 1. The van der Waals surface area contributed by atoms with E-state index in [0.29, 0.717) is 12.1 Å². The van der Waals surface area contributed by atoms with Gasteiger partial charge < -0.3 is 5.32 Å². The Balaban J connectivity index is 2.28. The first-order valence-corrected chi connectivity index (χ1v) is 7.00. The largest absolute Gasteiger partial charge is 0.358 e. The van der Waals surface area contributed by atoms with Crippen LogP contribution in [-0.2, 0) is 4.79 Å². The van der Waals surface area contributed by atoms with Crippen molar-refractivity contribution in [1.29, 1.82) is 0 Å². The van der Waals surface area contributed by atoms with Crippen molar-refractivity contribution in [2.24, 2.45) is 5.41 Å². The number of nitro groups is 1. The molecule has 0 aliphatic heterocycles. The molecule has 6 heteroatoms. The lowest BCUT2D eigenvalue weighted by Gasteiger charge is -2.29. The van der Waals surface area contributed by atoms with Crippen molar-refractivity contribution >= 4 is 33.1 Å². The lowest BCUT2D eigenvalue weighted by atomic mass is 9.79. The number of nitrogens with zero attached hydrogens (tertiary/aromatic N) is 1. The molecule has 0 atom stereocenters. The molecule has 0 spiro atoms. The monoisotopic (exact) mass is 338 g/mol. The van der Waals surface area contributed by atoms with Crippen LogP contribution in [0.5, 0.6) is 0 Å². The van der Waals surface area contributed by atoms with Gasteiger partial charge in [0.2, 0.25) is 0 Å². The van der Waals surface area contributed by atoms with Crippen LogP contribution in [-0.4, -0.2) is 10.7 Å². The molecule has 0 bridgehead atoms. The summed E-state index contributed by atoms with van der Waals surface area (Å²) in [6, 6.07) is 4.51. The summed E-state index contributed by atoms with van der Waals surface area (Å²) in [5.74, 6) is 0.0744. The van der Waals surface area contributed by atoms with Gasteiger partial charge in [0.25, 0.3) is 5.69 Å². The number of hydrogen-bond donors (Lipinski definition) is 1. The number of hydrogen-bond acceptors (Lipinski definition) is 4. The predicted molar refractivity (Wildman–Crippen MR) is 80.5 cm³/mol. The molecule has 0 amide bonds. The molecule has 0 aromatic heterocycles. The molecular weight excluding hydrogens is 324 g/mol. The smallest absolute Gasteiger partial charge is 0.271 e. The van der Waals surface area contributed by atoms with E-state index in [1.165, 1.54) is 12.1 Å². The highest BCUT2D eigenvalue weighted by Gasteiger charge is 2.27. The van der Waals surface area contributed by atoms with Crippen molar-refractivity contribution in [3.63, 3.8) is 0 Å². The summed E-state index contributed by atoms with van der Waals surface area (Å²) in [5.41, 5.74) is 1.29. The van der Waals surface area contributed by atoms with Crippen LogP contribution in [0, 0.1) is 15.5 Å². The van der Waals surface area contributed by atoms with Crippen LogP contribution in [0.15, 0.2) is 34.4 Å². The van der Waals surface area contributed by atoms with E-state index in [2.05, 4.69) is 21.2 Å². The van der Waals surface area contributed by atoms with Crippen molar-refractivity contribution in [3.05, 3.63) is 44.6 Å². The van der Waals surface area contributed by atoms with Gasteiger partial charge in [-0.15, -0.1) is 0 Å². The van der Waals surface area contributed by atoms with Crippen molar-refractivity contribution in [2.45, 2.75) is 26.7 Å². The fourth-order valence-electron chi connectivity index (χ4n) is 2.32. The molecule has 1 N–H and O–H groups in total. The second-order valence-electron chi connectivity index (χ2n) is 5.70. The highest BCUT2D eigenvalue weighted by molar-refractivity contribution is 9.10. The normalized spacial score (nSPS) is 17.6. The summed E-state index contributed by atoms with van der Waals surface area (Å²) in [6.07, 6.45) is 2.83. The molecule has 0 fully saturated rings. The van der Waals surface area contributed by atoms with E-state index in [0.717, 1.165) is 16.6 Å². The number of anilines is 1. The van der Waals surface area contributed by atoms with Gasteiger partial charge in [0, 0.05) is 34.8 Å². The maximum atomic E-state index is 11.7. The average molecular weight is 339 g/mol. The third kappa shape index (κ3) is 3.45. The van der Waals surface area contributed by atoms with Gasteiger partial charge in [0.05, 0.1) is 10.6 Å². The summed E-state index contributed by atoms with van der Waals surface area (Å²) in [7, 11) is 0. The Morgan fingerprint density at radius 2 is 2.05 bits per heavy atom. The molecule has 0 unspecified atom stereocenters. The van der Waals surface area contributed by atoms with Gasteiger partial charge >= 0.3 is 0 Å². The van der Waals surface area contributed by atoms with Crippen molar-refractivity contribution in [1.82, 2.24) is 0 Å². The Morgan fingerprint density at radius 1 is 1.35 bits per heavy atom. The van der Waals surface area contributed by atoms with E-state index < -0.39 is 4.92 Å². The fourth-order valence-corrected chi connectivity index (χ4v) is 2.67. The molecule has 1 aliphatic rings. The third-order valence-electron chi connectivity index (χ3n) is 3.11. The zero-order valence-corrected chi connectivity index (χ0v) is 12.9. The topological polar surface area (TPSA) is 72.2 Å². The third-order valence-corrected chi connectivity index (χ3v) is 3.80. The maximum absolute atomic E-state index is 11.7. The van der Waals surface area contributed by atoms with Crippen LogP contribution >= 0.6 is 15.9 Å². The molecule has 20 heavy (non-hydrogen) atoms. The van der Waals surface area contributed by atoms with Crippen LogP contribution in [0.4, 0.5) is 11.4 Å². The minimum atomic E-state index is -0.442. The molecule has 0 saturated carbocycles. The first-order chi connectivity index (χ1) is 9.27. The second kappa shape index (κ2) is 5.36. The Bertz CT molecular complexity index is 608. The first-order valence-electron chi connectivity index (χ1n) is 6.21. The standard InChI is InChI=1S/C14H15BrN2O3/c1-14(2)7-9(5-11(18)8-14)16-13-6-10(17(19)20)3-4-12(13)15/h3-6,16H,7-8H2,1-2H3. The van der Waals surface area contributed by atoms with Gasteiger partial charge in [-0.2, -0.15) is 0 Å². The summed E-state index contributed by atoms with van der Waals surface area (Å²) < 4.78 is 0.722. The van der Waals surface area contributed by atoms with E-state index in [9.17, 15) is 14.9 Å². The summed E-state index contributed by atoms with van der Waals surface area (Å²) in [5, 5.41) is 13.9.